The number of thioether (sulfide) groups is 1. The van der Waals surface area contributed by atoms with E-state index in [1.807, 2.05) is 31.8 Å². The van der Waals surface area contributed by atoms with Gasteiger partial charge in [0.15, 0.2) is 5.96 Å². The van der Waals surface area contributed by atoms with Gasteiger partial charge >= 0.3 is 0 Å². The van der Waals surface area contributed by atoms with Crippen molar-refractivity contribution in [3.63, 3.8) is 0 Å². The van der Waals surface area contributed by atoms with Crippen LogP contribution >= 0.6 is 47.1 Å². The molecule has 0 unspecified atom stereocenters. The van der Waals surface area contributed by atoms with E-state index in [9.17, 15) is 0 Å². The molecule has 0 spiro atoms. The zero-order chi connectivity index (χ0) is 16.3. The average molecular weight is 476 g/mol. The largest absolute Gasteiger partial charge is 0.356 e. The first-order chi connectivity index (χ1) is 11.3. The van der Waals surface area contributed by atoms with E-state index in [2.05, 4.69) is 50.3 Å². The monoisotopic (exact) mass is 476 g/mol. The van der Waals surface area contributed by atoms with Crippen LogP contribution in [0.15, 0.2) is 45.6 Å². The van der Waals surface area contributed by atoms with Crippen LogP contribution in [0, 0.1) is 6.92 Å². The van der Waals surface area contributed by atoms with Crippen LogP contribution in [0.5, 0.6) is 0 Å². The quantitative estimate of drug-likeness (QED) is 0.199. The van der Waals surface area contributed by atoms with Gasteiger partial charge in [-0.05, 0) is 25.5 Å². The summed E-state index contributed by atoms with van der Waals surface area (Å²) in [4.78, 5) is 10.0. The Morgan fingerprint density at radius 1 is 1.21 bits per heavy atom. The Balaban J connectivity index is 0.00000288. The highest BCUT2D eigenvalue weighted by molar-refractivity contribution is 14.0. The number of aliphatic imine (C=N–C) groups is 1. The van der Waals surface area contributed by atoms with Crippen molar-refractivity contribution in [1.29, 1.82) is 0 Å². The van der Waals surface area contributed by atoms with Gasteiger partial charge in [-0.3, -0.25) is 4.99 Å². The molecule has 1 aromatic heterocycles. The molecular formula is C17H25IN4S2. The highest BCUT2D eigenvalue weighted by Gasteiger charge is 2.00. The molecule has 0 saturated carbocycles. The fourth-order valence-electron chi connectivity index (χ4n) is 2.04. The van der Waals surface area contributed by atoms with E-state index in [0.29, 0.717) is 0 Å². The molecule has 1 heterocycles. The second-order valence-corrected chi connectivity index (χ2v) is 7.18. The van der Waals surface area contributed by atoms with Crippen LogP contribution < -0.4 is 10.6 Å². The summed E-state index contributed by atoms with van der Waals surface area (Å²) in [6.07, 6.45) is 2.08. The minimum atomic E-state index is 0. The number of aromatic nitrogens is 1. The normalized spacial score (nSPS) is 11.0. The molecule has 0 aliphatic rings. The van der Waals surface area contributed by atoms with Crippen molar-refractivity contribution >= 4 is 53.0 Å². The van der Waals surface area contributed by atoms with Crippen LogP contribution in [0.4, 0.5) is 0 Å². The number of nitrogens with zero attached hydrogens (tertiary/aromatic N) is 2. The third kappa shape index (κ3) is 8.34. The minimum Gasteiger partial charge on any atom is -0.356 e. The van der Waals surface area contributed by atoms with Gasteiger partial charge in [0.2, 0.25) is 0 Å². The Bertz CT molecular complexity index is 602. The topological polar surface area (TPSA) is 49.3 Å². The number of halogens is 1. The maximum Gasteiger partial charge on any atom is 0.191 e. The van der Waals surface area contributed by atoms with Gasteiger partial charge in [-0.15, -0.1) is 47.1 Å². The summed E-state index contributed by atoms with van der Waals surface area (Å²) >= 11 is 3.59. The summed E-state index contributed by atoms with van der Waals surface area (Å²) in [6, 6.07) is 10.5. The maximum absolute atomic E-state index is 4.48. The number of nitrogens with one attached hydrogen (secondary N) is 2. The van der Waals surface area contributed by atoms with Crippen LogP contribution in [0.2, 0.25) is 0 Å². The summed E-state index contributed by atoms with van der Waals surface area (Å²) in [5.41, 5.74) is 1.12. The molecule has 2 aromatic rings. The van der Waals surface area contributed by atoms with E-state index >= 15 is 0 Å². The number of aryl methyl sites for hydroxylation is 2. The lowest BCUT2D eigenvalue weighted by atomic mass is 10.3. The Morgan fingerprint density at radius 2 is 1.96 bits per heavy atom. The highest BCUT2D eigenvalue weighted by atomic mass is 127. The van der Waals surface area contributed by atoms with Gasteiger partial charge in [-0.1, -0.05) is 18.2 Å². The molecule has 1 aromatic carbocycles. The number of hydrogen-bond acceptors (Lipinski definition) is 4. The van der Waals surface area contributed by atoms with Crippen LogP contribution in [0.25, 0.3) is 0 Å². The number of rotatable bonds is 8. The molecule has 0 radical (unpaired) electrons. The SMILES string of the molecule is CN=C(NCCCc1nc(C)cs1)NCCSc1ccccc1.I. The first-order valence-corrected chi connectivity index (χ1v) is 9.68. The predicted octanol–water partition coefficient (Wildman–Crippen LogP) is 3.96. The summed E-state index contributed by atoms with van der Waals surface area (Å²) < 4.78 is 0. The van der Waals surface area contributed by atoms with Gasteiger partial charge in [-0.25, -0.2) is 4.98 Å². The van der Waals surface area contributed by atoms with E-state index in [1.165, 1.54) is 9.90 Å². The smallest absolute Gasteiger partial charge is 0.191 e. The maximum atomic E-state index is 4.48. The molecule has 132 valence electrons. The number of thiazole rings is 1. The molecule has 4 nitrogen and oxygen atoms in total. The van der Waals surface area contributed by atoms with Gasteiger partial charge in [0.05, 0.1) is 5.01 Å². The third-order valence-corrected chi connectivity index (χ3v) is 5.20. The molecule has 24 heavy (non-hydrogen) atoms. The average Bonchev–Trinajstić information content (AvgIpc) is 2.99. The lowest BCUT2D eigenvalue weighted by Crippen LogP contribution is -2.38. The van der Waals surface area contributed by atoms with E-state index in [4.69, 9.17) is 0 Å². The molecule has 2 rings (SSSR count). The molecule has 0 aliphatic carbocycles. The number of guanidine groups is 1. The fraction of sp³-hybridized carbons (Fsp3) is 0.412. The van der Waals surface area contributed by atoms with Crippen LogP contribution in [-0.4, -0.2) is 36.8 Å². The van der Waals surface area contributed by atoms with Gasteiger partial charge < -0.3 is 10.6 Å². The van der Waals surface area contributed by atoms with Crippen molar-refractivity contribution in [3.05, 3.63) is 46.4 Å². The van der Waals surface area contributed by atoms with Crippen molar-refractivity contribution < 1.29 is 0 Å². The van der Waals surface area contributed by atoms with Crippen molar-refractivity contribution in [1.82, 2.24) is 15.6 Å². The molecular weight excluding hydrogens is 451 g/mol. The molecule has 2 N–H and O–H groups in total. The molecule has 0 fully saturated rings. The Hall–Kier alpha value is -0.800. The fourth-order valence-corrected chi connectivity index (χ4v) is 3.65. The molecule has 7 heteroatoms. The second kappa shape index (κ2) is 12.5. The summed E-state index contributed by atoms with van der Waals surface area (Å²) in [5, 5.41) is 10.0. The lowest BCUT2D eigenvalue weighted by molar-refractivity contribution is 0.745. The summed E-state index contributed by atoms with van der Waals surface area (Å²) in [5.74, 6) is 1.89. The Labute approximate surface area is 170 Å². The van der Waals surface area contributed by atoms with E-state index < -0.39 is 0 Å². The Morgan fingerprint density at radius 3 is 2.62 bits per heavy atom. The Kier molecular flexibility index (Phi) is 11.1. The van der Waals surface area contributed by atoms with E-state index in [-0.39, 0.29) is 24.0 Å². The molecule has 0 bridgehead atoms. The molecule has 0 amide bonds. The summed E-state index contributed by atoms with van der Waals surface area (Å²) in [7, 11) is 1.81. The standard InChI is InChI=1S/C17H24N4S2.HI/c1-14-13-23-16(21-14)9-6-10-19-17(18-2)20-11-12-22-15-7-4-3-5-8-15;/h3-5,7-8,13H,6,9-12H2,1-2H3,(H2,18,19,20);1H. The molecule has 0 aliphatic heterocycles. The molecule has 0 saturated heterocycles. The van der Waals surface area contributed by atoms with E-state index in [1.54, 1.807) is 11.3 Å². The zero-order valence-corrected chi connectivity index (χ0v) is 18.1. The van der Waals surface area contributed by atoms with Crippen LogP contribution in [-0.2, 0) is 6.42 Å². The highest BCUT2D eigenvalue weighted by Crippen LogP contribution is 2.15. The van der Waals surface area contributed by atoms with Crippen LogP contribution in [0.3, 0.4) is 0 Å². The first kappa shape index (κ1) is 21.2. The number of benzene rings is 1. The van der Waals surface area contributed by atoms with Crippen molar-refractivity contribution in [2.75, 3.05) is 25.9 Å². The zero-order valence-electron chi connectivity index (χ0n) is 14.1. The second-order valence-electron chi connectivity index (χ2n) is 5.07. The van der Waals surface area contributed by atoms with Crippen molar-refractivity contribution in [3.8, 4) is 0 Å². The predicted molar refractivity (Wildman–Crippen MR) is 117 cm³/mol. The molecule has 0 atom stereocenters. The number of hydrogen-bond donors (Lipinski definition) is 2. The van der Waals surface area contributed by atoms with Gasteiger partial charge in [0.25, 0.3) is 0 Å². The first-order valence-electron chi connectivity index (χ1n) is 7.81. The van der Waals surface area contributed by atoms with Crippen LogP contribution in [0.1, 0.15) is 17.1 Å². The van der Waals surface area contributed by atoms with E-state index in [0.717, 1.165) is 43.3 Å². The lowest BCUT2D eigenvalue weighted by Gasteiger charge is -2.11. The minimum absolute atomic E-state index is 0. The van der Waals surface area contributed by atoms with Gasteiger partial charge in [0.1, 0.15) is 0 Å². The summed E-state index contributed by atoms with van der Waals surface area (Å²) in [6.45, 7) is 3.84. The third-order valence-electron chi connectivity index (χ3n) is 3.16. The van der Waals surface area contributed by atoms with Crippen molar-refractivity contribution in [2.45, 2.75) is 24.7 Å². The van der Waals surface area contributed by atoms with Crippen molar-refractivity contribution in [2.24, 2.45) is 4.99 Å². The van der Waals surface area contributed by atoms with Gasteiger partial charge in [-0.2, -0.15) is 0 Å². The van der Waals surface area contributed by atoms with Gasteiger partial charge in [0, 0.05) is 48.3 Å².